The standard InChI is InChI=1S/C13H21N5O/c1-12(2,3)17-11-15-9-8(10(19)16-11)14-7-18(9)13(4,5)6/h7H,1-6H3,(H2,15,16,17,19). The lowest BCUT2D eigenvalue weighted by Gasteiger charge is -2.22. The van der Waals surface area contributed by atoms with Gasteiger partial charge in [0.2, 0.25) is 5.95 Å². The van der Waals surface area contributed by atoms with Gasteiger partial charge in [-0.1, -0.05) is 0 Å². The van der Waals surface area contributed by atoms with E-state index in [9.17, 15) is 4.79 Å². The predicted octanol–water partition coefficient (Wildman–Crippen LogP) is 2.08. The second kappa shape index (κ2) is 4.08. The number of imidazole rings is 1. The van der Waals surface area contributed by atoms with Gasteiger partial charge in [-0.05, 0) is 41.5 Å². The predicted molar refractivity (Wildman–Crippen MR) is 76.5 cm³/mol. The fraction of sp³-hybridized carbons (Fsp3) is 0.615. The molecule has 6 heteroatoms. The molecule has 0 aliphatic carbocycles. The van der Waals surface area contributed by atoms with Crippen LogP contribution in [0.15, 0.2) is 11.1 Å². The highest BCUT2D eigenvalue weighted by Crippen LogP contribution is 2.19. The Balaban J connectivity index is 2.63. The van der Waals surface area contributed by atoms with Gasteiger partial charge in [0.25, 0.3) is 5.56 Å². The van der Waals surface area contributed by atoms with E-state index in [1.165, 1.54) is 0 Å². The Morgan fingerprint density at radius 1 is 1.21 bits per heavy atom. The second-order valence-electron chi connectivity index (χ2n) is 6.75. The van der Waals surface area contributed by atoms with Crippen LogP contribution in [0, 0.1) is 0 Å². The summed E-state index contributed by atoms with van der Waals surface area (Å²) < 4.78 is 1.91. The Hall–Kier alpha value is -1.85. The van der Waals surface area contributed by atoms with Gasteiger partial charge in [0, 0.05) is 11.1 Å². The fourth-order valence-corrected chi connectivity index (χ4v) is 1.81. The van der Waals surface area contributed by atoms with E-state index in [2.05, 4.69) is 20.3 Å². The molecule has 0 unspecified atom stereocenters. The number of H-pyrrole nitrogens is 1. The molecule has 0 saturated carbocycles. The fourth-order valence-electron chi connectivity index (χ4n) is 1.81. The molecule has 2 aromatic rings. The Morgan fingerprint density at radius 3 is 2.37 bits per heavy atom. The highest BCUT2D eigenvalue weighted by Gasteiger charge is 2.20. The van der Waals surface area contributed by atoms with Gasteiger partial charge < -0.3 is 9.88 Å². The molecule has 6 nitrogen and oxygen atoms in total. The third-order valence-electron chi connectivity index (χ3n) is 2.62. The third kappa shape index (κ3) is 2.77. The van der Waals surface area contributed by atoms with Crippen molar-refractivity contribution >= 4 is 17.1 Å². The molecule has 19 heavy (non-hydrogen) atoms. The van der Waals surface area contributed by atoms with Crippen molar-refractivity contribution in [2.75, 3.05) is 5.32 Å². The molecule has 0 aromatic carbocycles. The molecule has 0 saturated heterocycles. The van der Waals surface area contributed by atoms with Crippen LogP contribution >= 0.6 is 0 Å². The zero-order valence-electron chi connectivity index (χ0n) is 12.3. The van der Waals surface area contributed by atoms with Crippen LogP contribution in [0.3, 0.4) is 0 Å². The van der Waals surface area contributed by atoms with Crippen molar-refractivity contribution in [2.24, 2.45) is 0 Å². The van der Waals surface area contributed by atoms with Crippen molar-refractivity contribution in [3.63, 3.8) is 0 Å². The first-order chi connectivity index (χ1) is 8.58. The minimum Gasteiger partial charge on any atom is -0.351 e. The Labute approximate surface area is 112 Å². The van der Waals surface area contributed by atoms with E-state index < -0.39 is 0 Å². The van der Waals surface area contributed by atoms with E-state index in [4.69, 9.17) is 0 Å². The van der Waals surface area contributed by atoms with Gasteiger partial charge >= 0.3 is 0 Å². The normalized spacial score (nSPS) is 12.9. The molecule has 2 N–H and O–H groups in total. The van der Waals surface area contributed by atoms with Gasteiger partial charge in [0.1, 0.15) is 0 Å². The monoisotopic (exact) mass is 263 g/mol. The molecular formula is C13H21N5O. The van der Waals surface area contributed by atoms with E-state index in [1.54, 1.807) is 6.33 Å². The molecule has 0 spiro atoms. The first-order valence-corrected chi connectivity index (χ1v) is 6.34. The number of fused-ring (bicyclic) bond motifs is 1. The van der Waals surface area contributed by atoms with Gasteiger partial charge in [-0.3, -0.25) is 9.78 Å². The van der Waals surface area contributed by atoms with Gasteiger partial charge in [-0.2, -0.15) is 4.98 Å². The maximum absolute atomic E-state index is 12.0. The molecule has 0 amide bonds. The van der Waals surface area contributed by atoms with Crippen molar-refractivity contribution in [3.8, 4) is 0 Å². The molecule has 0 bridgehead atoms. The SMILES string of the molecule is CC(C)(C)Nc1nc2c(ncn2C(C)(C)C)c(=O)[nH]1. The quantitative estimate of drug-likeness (QED) is 0.826. The zero-order chi connectivity index (χ0) is 14.4. The summed E-state index contributed by atoms with van der Waals surface area (Å²) in [7, 11) is 0. The largest absolute Gasteiger partial charge is 0.351 e. The molecule has 0 fully saturated rings. The summed E-state index contributed by atoms with van der Waals surface area (Å²) >= 11 is 0. The summed E-state index contributed by atoms with van der Waals surface area (Å²) in [5.74, 6) is 0.469. The molecule has 2 aromatic heterocycles. The Bertz CT molecular complexity index is 654. The molecule has 104 valence electrons. The van der Waals surface area contributed by atoms with Crippen molar-refractivity contribution in [3.05, 3.63) is 16.7 Å². The van der Waals surface area contributed by atoms with E-state index in [-0.39, 0.29) is 16.6 Å². The van der Waals surface area contributed by atoms with Crippen molar-refractivity contribution in [1.29, 1.82) is 0 Å². The van der Waals surface area contributed by atoms with Crippen LogP contribution in [0.4, 0.5) is 5.95 Å². The Morgan fingerprint density at radius 2 is 1.84 bits per heavy atom. The smallest absolute Gasteiger partial charge is 0.280 e. The highest BCUT2D eigenvalue weighted by molar-refractivity contribution is 5.71. The van der Waals surface area contributed by atoms with Crippen LogP contribution < -0.4 is 10.9 Å². The summed E-state index contributed by atoms with van der Waals surface area (Å²) in [6, 6.07) is 0. The first-order valence-electron chi connectivity index (χ1n) is 6.34. The number of nitrogens with zero attached hydrogens (tertiary/aromatic N) is 3. The molecule has 0 radical (unpaired) electrons. The number of anilines is 1. The average Bonchev–Trinajstić information content (AvgIpc) is 2.57. The molecule has 0 aliphatic heterocycles. The highest BCUT2D eigenvalue weighted by atomic mass is 16.1. The zero-order valence-corrected chi connectivity index (χ0v) is 12.3. The first kappa shape index (κ1) is 13.6. The van der Waals surface area contributed by atoms with Crippen LogP contribution in [-0.4, -0.2) is 25.1 Å². The minimum atomic E-state index is -0.222. The summed E-state index contributed by atoms with van der Waals surface area (Å²) in [6.45, 7) is 12.2. The lowest BCUT2D eigenvalue weighted by molar-refractivity contribution is 0.406. The van der Waals surface area contributed by atoms with E-state index in [1.807, 2.05) is 46.1 Å². The van der Waals surface area contributed by atoms with Crippen molar-refractivity contribution in [2.45, 2.75) is 52.6 Å². The van der Waals surface area contributed by atoms with Crippen molar-refractivity contribution in [1.82, 2.24) is 19.5 Å². The third-order valence-corrected chi connectivity index (χ3v) is 2.62. The van der Waals surface area contributed by atoms with E-state index in [0.717, 1.165) is 0 Å². The number of hydrogen-bond donors (Lipinski definition) is 2. The second-order valence-corrected chi connectivity index (χ2v) is 6.75. The number of aromatic amines is 1. The molecule has 2 rings (SSSR count). The number of rotatable bonds is 1. The molecular weight excluding hydrogens is 242 g/mol. The van der Waals surface area contributed by atoms with Crippen LogP contribution in [0.2, 0.25) is 0 Å². The summed E-state index contributed by atoms with van der Waals surface area (Å²) in [5.41, 5.74) is 0.405. The van der Waals surface area contributed by atoms with Crippen LogP contribution in [0.1, 0.15) is 41.5 Å². The number of nitrogens with one attached hydrogen (secondary N) is 2. The summed E-state index contributed by atoms with van der Waals surface area (Å²) in [5, 5.41) is 3.17. The summed E-state index contributed by atoms with van der Waals surface area (Å²) in [4.78, 5) is 23.4. The lowest BCUT2D eigenvalue weighted by atomic mass is 10.1. The van der Waals surface area contributed by atoms with Crippen LogP contribution in [0.5, 0.6) is 0 Å². The molecule has 2 heterocycles. The minimum absolute atomic E-state index is 0.170. The van der Waals surface area contributed by atoms with Crippen LogP contribution in [-0.2, 0) is 5.54 Å². The van der Waals surface area contributed by atoms with E-state index >= 15 is 0 Å². The van der Waals surface area contributed by atoms with Crippen LogP contribution in [0.25, 0.3) is 11.2 Å². The molecule has 0 atom stereocenters. The number of aromatic nitrogens is 4. The lowest BCUT2D eigenvalue weighted by Crippen LogP contribution is -2.29. The van der Waals surface area contributed by atoms with Gasteiger partial charge in [-0.25, -0.2) is 4.98 Å². The maximum Gasteiger partial charge on any atom is 0.280 e. The maximum atomic E-state index is 12.0. The van der Waals surface area contributed by atoms with E-state index in [0.29, 0.717) is 17.1 Å². The van der Waals surface area contributed by atoms with Gasteiger partial charge in [0.15, 0.2) is 11.2 Å². The average molecular weight is 263 g/mol. The van der Waals surface area contributed by atoms with Crippen molar-refractivity contribution < 1.29 is 0 Å². The van der Waals surface area contributed by atoms with Gasteiger partial charge in [-0.15, -0.1) is 0 Å². The Kier molecular flexibility index (Phi) is 2.91. The van der Waals surface area contributed by atoms with Gasteiger partial charge in [0.05, 0.1) is 6.33 Å². The topological polar surface area (TPSA) is 75.6 Å². The number of hydrogen-bond acceptors (Lipinski definition) is 4. The molecule has 0 aliphatic rings. The summed E-state index contributed by atoms with van der Waals surface area (Å²) in [6.07, 6.45) is 1.66.